The van der Waals surface area contributed by atoms with Gasteiger partial charge in [-0.1, -0.05) is 31.1 Å². The number of β-amino-alcohol motifs (C(OH)–C–C–N with tert-alkyl or cyclic N) is 1. The first-order valence-corrected chi connectivity index (χ1v) is 8.65. The van der Waals surface area contributed by atoms with E-state index in [1.807, 2.05) is 4.90 Å². The number of aliphatic hydroxyl groups excluding tert-OH is 1. The molecule has 10 heteroatoms. The predicted octanol–water partition coefficient (Wildman–Crippen LogP) is 0.830. The fourth-order valence-electron chi connectivity index (χ4n) is 2.97. The zero-order valence-corrected chi connectivity index (χ0v) is 15.3. The van der Waals surface area contributed by atoms with Gasteiger partial charge < -0.3 is 14.5 Å². The highest BCUT2D eigenvalue weighted by Gasteiger charge is 2.29. The van der Waals surface area contributed by atoms with Crippen LogP contribution < -0.4 is 4.90 Å². The topological polar surface area (TPSA) is 119 Å². The molecule has 0 aromatic carbocycles. The van der Waals surface area contributed by atoms with Gasteiger partial charge in [0.1, 0.15) is 12.4 Å². The number of aromatic nitrogens is 7. The summed E-state index contributed by atoms with van der Waals surface area (Å²) in [6.45, 7) is 9.51. The molecule has 1 aliphatic heterocycles. The van der Waals surface area contributed by atoms with Crippen molar-refractivity contribution in [1.82, 2.24) is 35.1 Å². The summed E-state index contributed by atoms with van der Waals surface area (Å²) in [5.74, 6) is 2.43. The summed E-state index contributed by atoms with van der Waals surface area (Å²) in [7, 11) is 0. The Labute approximate surface area is 150 Å². The maximum Gasteiger partial charge on any atom is 0.248 e. The molecule has 1 atom stereocenters. The van der Waals surface area contributed by atoms with Crippen molar-refractivity contribution in [3.8, 4) is 0 Å². The summed E-state index contributed by atoms with van der Waals surface area (Å²) in [4.78, 5) is 15.7. The highest BCUT2D eigenvalue weighted by atomic mass is 16.5. The third kappa shape index (κ3) is 3.00. The Morgan fingerprint density at radius 3 is 2.65 bits per heavy atom. The molecule has 1 aliphatic rings. The Morgan fingerprint density at radius 1 is 1.23 bits per heavy atom. The van der Waals surface area contributed by atoms with E-state index in [-0.39, 0.29) is 11.5 Å². The molecule has 0 aliphatic carbocycles. The van der Waals surface area contributed by atoms with E-state index in [1.165, 1.54) is 0 Å². The maximum atomic E-state index is 9.91. The molecule has 0 radical (unpaired) electrons. The first kappa shape index (κ1) is 16.8. The molecule has 1 unspecified atom stereocenters. The lowest BCUT2D eigenvalue weighted by Gasteiger charge is -2.21. The summed E-state index contributed by atoms with van der Waals surface area (Å²) < 4.78 is 6.84. The van der Waals surface area contributed by atoms with E-state index >= 15 is 0 Å². The first-order valence-electron chi connectivity index (χ1n) is 8.65. The van der Waals surface area contributed by atoms with E-state index < -0.39 is 0 Å². The highest BCUT2D eigenvalue weighted by molar-refractivity contribution is 5.83. The van der Waals surface area contributed by atoms with Gasteiger partial charge in [0.2, 0.25) is 5.89 Å². The van der Waals surface area contributed by atoms with Gasteiger partial charge in [0.25, 0.3) is 0 Å². The summed E-state index contributed by atoms with van der Waals surface area (Å²) in [6.07, 6.45) is 0.362. The lowest BCUT2D eigenvalue weighted by atomic mass is 9.96. The molecule has 3 aromatic heterocycles. The van der Waals surface area contributed by atoms with Gasteiger partial charge in [-0.25, -0.2) is 14.6 Å². The number of fused-ring (bicyclic) bond motifs is 1. The van der Waals surface area contributed by atoms with E-state index in [4.69, 9.17) is 14.5 Å². The monoisotopic (exact) mass is 358 g/mol. The maximum absolute atomic E-state index is 9.91. The quantitative estimate of drug-likeness (QED) is 0.726. The highest BCUT2D eigenvalue weighted by Crippen LogP contribution is 2.29. The second kappa shape index (κ2) is 5.97. The second-order valence-corrected chi connectivity index (χ2v) is 7.66. The van der Waals surface area contributed by atoms with Gasteiger partial charge in [-0.15, -0.1) is 5.10 Å². The minimum atomic E-state index is -0.352. The van der Waals surface area contributed by atoms with Gasteiger partial charge in [0.15, 0.2) is 22.8 Å². The molecular formula is C16H22N8O2. The molecule has 26 heavy (non-hydrogen) atoms. The number of aliphatic hydroxyl groups is 1. The van der Waals surface area contributed by atoms with Crippen LogP contribution in [0.2, 0.25) is 0 Å². The Balaban J connectivity index is 1.82. The van der Waals surface area contributed by atoms with Crippen molar-refractivity contribution in [1.29, 1.82) is 0 Å². The fraction of sp³-hybridized carbons (Fsp3) is 0.625. The van der Waals surface area contributed by atoms with Gasteiger partial charge in [0.05, 0.1) is 6.10 Å². The summed E-state index contributed by atoms with van der Waals surface area (Å²) >= 11 is 0. The van der Waals surface area contributed by atoms with E-state index in [2.05, 4.69) is 41.2 Å². The van der Waals surface area contributed by atoms with Gasteiger partial charge in [-0.05, 0) is 13.3 Å². The average molecular weight is 358 g/mol. The van der Waals surface area contributed by atoms with Crippen molar-refractivity contribution in [3.63, 3.8) is 0 Å². The molecule has 138 valence electrons. The minimum Gasteiger partial charge on any atom is -0.391 e. The number of aryl methyl sites for hydroxylation is 1. The van der Waals surface area contributed by atoms with Gasteiger partial charge >= 0.3 is 0 Å². The van der Waals surface area contributed by atoms with Crippen LogP contribution in [-0.2, 0) is 12.0 Å². The Hall–Kier alpha value is -2.62. The van der Waals surface area contributed by atoms with Gasteiger partial charge in [0, 0.05) is 18.5 Å². The van der Waals surface area contributed by atoms with Crippen molar-refractivity contribution in [2.24, 2.45) is 0 Å². The van der Waals surface area contributed by atoms with Crippen molar-refractivity contribution in [2.75, 3.05) is 18.0 Å². The zero-order chi connectivity index (χ0) is 18.5. The standard InChI is InChI=1S/C16H22N8O2/c1-9-17-11(26-21-9)8-24-14-12(20-22-24)13(23-6-5-10(25)7-23)18-15(19-14)16(2,3)4/h10,25H,5-8H2,1-4H3. The van der Waals surface area contributed by atoms with Crippen LogP contribution in [0.4, 0.5) is 5.82 Å². The van der Waals surface area contributed by atoms with Crippen molar-refractivity contribution < 1.29 is 9.63 Å². The van der Waals surface area contributed by atoms with Crippen molar-refractivity contribution >= 4 is 17.0 Å². The predicted molar refractivity (Wildman–Crippen MR) is 92.8 cm³/mol. The van der Waals surface area contributed by atoms with Gasteiger partial charge in [-0.3, -0.25) is 0 Å². The Kier molecular flexibility index (Phi) is 3.87. The van der Waals surface area contributed by atoms with Crippen LogP contribution >= 0.6 is 0 Å². The third-order valence-electron chi connectivity index (χ3n) is 4.33. The van der Waals surface area contributed by atoms with Crippen LogP contribution in [0.1, 0.15) is 44.7 Å². The smallest absolute Gasteiger partial charge is 0.248 e. The van der Waals surface area contributed by atoms with Gasteiger partial charge in [-0.2, -0.15) is 4.98 Å². The van der Waals surface area contributed by atoms with E-state index in [0.717, 1.165) is 6.54 Å². The van der Waals surface area contributed by atoms with Crippen LogP contribution in [0.3, 0.4) is 0 Å². The molecule has 0 spiro atoms. The average Bonchev–Trinajstić information content (AvgIpc) is 3.27. The number of rotatable bonds is 3. The molecule has 1 fully saturated rings. The van der Waals surface area contributed by atoms with Crippen LogP contribution in [0.5, 0.6) is 0 Å². The Bertz CT molecular complexity index is 942. The molecule has 4 heterocycles. The second-order valence-electron chi connectivity index (χ2n) is 7.66. The summed E-state index contributed by atoms with van der Waals surface area (Å²) in [5, 5.41) is 22.2. The lowest BCUT2D eigenvalue weighted by molar-refractivity contribution is 0.198. The van der Waals surface area contributed by atoms with E-state index in [1.54, 1.807) is 11.6 Å². The molecule has 0 bridgehead atoms. The first-order chi connectivity index (χ1) is 12.3. The molecule has 0 saturated carbocycles. The van der Waals surface area contributed by atoms with Crippen LogP contribution in [0.15, 0.2) is 4.52 Å². The molecule has 4 rings (SSSR count). The largest absolute Gasteiger partial charge is 0.391 e. The zero-order valence-electron chi connectivity index (χ0n) is 15.3. The number of nitrogens with zero attached hydrogens (tertiary/aromatic N) is 8. The van der Waals surface area contributed by atoms with Crippen LogP contribution in [0, 0.1) is 6.92 Å². The Morgan fingerprint density at radius 2 is 2.04 bits per heavy atom. The third-order valence-corrected chi connectivity index (χ3v) is 4.33. The summed E-state index contributed by atoms with van der Waals surface area (Å²) in [5.41, 5.74) is 0.998. The number of anilines is 1. The van der Waals surface area contributed by atoms with E-state index in [9.17, 15) is 5.11 Å². The van der Waals surface area contributed by atoms with Crippen molar-refractivity contribution in [2.45, 2.75) is 52.2 Å². The van der Waals surface area contributed by atoms with Crippen LogP contribution in [-0.4, -0.2) is 59.4 Å². The normalized spacial score (nSPS) is 18.2. The lowest BCUT2D eigenvalue weighted by Crippen LogP contribution is -2.25. The molecular weight excluding hydrogens is 336 g/mol. The summed E-state index contributed by atoms with van der Waals surface area (Å²) in [6, 6.07) is 0. The SMILES string of the molecule is Cc1noc(Cn2nnc3c(N4CCC(O)C4)nc(C(C)(C)C)nc32)n1. The van der Waals surface area contributed by atoms with Crippen LogP contribution in [0.25, 0.3) is 11.2 Å². The molecule has 10 nitrogen and oxygen atoms in total. The van der Waals surface area contributed by atoms with Crippen molar-refractivity contribution in [3.05, 3.63) is 17.5 Å². The van der Waals surface area contributed by atoms with E-state index in [0.29, 0.717) is 54.0 Å². The molecule has 1 saturated heterocycles. The molecule has 1 N–H and O–H groups in total. The fourth-order valence-corrected chi connectivity index (χ4v) is 2.97. The minimum absolute atomic E-state index is 0.239. The number of hydrogen-bond acceptors (Lipinski definition) is 9. The molecule has 0 amide bonds. The number of hydrogen-bond donors (Lipinski definition) is 1. The molecule has 3 aromatic rings.